The molecule has 0 fully saturated rings. The molecule has 1 aromatic carbocycles. The number of nitrogens with zero attached hydrogens (tertiary/aromatic N) is 1. The summed E-state index contributed by atoms with van der Waals surface area (Å²) < 4.78 is 5.78. The molecule has 22 heavy (non-hydrogen) atoms. The highest BCUT2D eigenvalue weighted by molar-refractivity contribution is 5.88. The van der Waals surface area contributed by atoms with Gasteiger partial charge in [-0.25, -0.2) is 0 Å². The van der Waals surface area contributed by atoms with Crippen LogP contribution in [-0.2, 0) is 9.59 Å². The normalized spacial score (nSPS) is 16.7. The molecule has 2 rings (SSSR count). The number of ketones is 1. The van der Waals surface area contributed by atoms with Gasteiger partial charge in [0.25, 0.3) is 0 Å². The molecule has 0 radical (unpaired) electrons. The van der Waals surface area contributed by atoms with E-state index in [1.807, 2.05) is 24.3 Å². The monoisotopic (exact) mass is 299 g/mol. The van der Waals surface area contributed by atoms with Gasteiger partial charge in [0.2, 0.25) is 0 Å². The highest BCUT2D eigenvalue weighted by Gasteiger charge is 2.21. The zero-order valence-corrected chi connectivity index (χ0v) is 13.2. The Hall–Kier alpha value is -2.36. The van der Waals surface area contributed by atoms with E-state index in [9.17, 15) is 9.59 Å². The Morgan fingerprint density at radius 2 is 2.05 bits per heavy atom. The number of rotatable bonds is 6. The Balaban J connectivity index is 2.37. The molecule has 0 saturated carbocycles. The summed E-state index contributed by atoms with van der Waals surface area (Å²) in [7, 11) is 0. The predicted octanol–water partition coefficient (Wildman–Crippen LogP) is 3.02. The third kappa shape index (κ3) is 3.45. The molecule has 0 aliphatic carbocycles. The van der Waals surface area contributed by atoms with Crippen molar-refractivity contribution in [1.29, 1.82) is 0 Å². The zero-order valence-electron chi connectivity index (χ0n) is 13.2. The molecule has 0 aromatic heterocycles. The Morgan fingerprint density at radius 3 is 2.64 bits per heavy atom. The van der Waals surface area contributed by atoms with E-state index in [0.29, 0.717) is 11.3 Å². The lowest BCUT2D eigenvalue weighted by molar-refractivity contribution is -0.113. The average Bonchev–Trinajstić information content (AvgIpc) is 2.53. The number of ether oxygens (including phenoxy) is 1. The van der Waals surface area contributed by atoms with Crippen LogP contribution in [0.2, 0.25) is 0 Å². The minimum atomic E-state index is -0.671. The number of anilines is 1. The first-order valence-electron chi connectivity index (χ1n) is 7.50. The molecule has 1 aliphatic heterocycles. The molecule has 0 bridgehead atoms. The van der Waals surface area contributed by atoms with Crippen molar-refractivity contribution in [1.82, 2.24) is 0 Å². The SMILES string of the molecule is CCN(CC)c1ccc2c(c1)OC(C=O)C(/C=C/C(C)=O)=C2. The standard InChI is InChI=1S/C18H21NO3/c1-4-19(5-2)16-9-8-14-10-15(7-6-13(3)21)18(12-20)22-17(14)11-16/h6-12,18H,4-5H2,1-3H3/b7-6+. The van der Waals surface area contributed by atoms with Crippen LogP contribution in [0.4, 0.5) is 5.69 Å². The molecule has 4 nitrogen and oxygen atoms in total. The molecular weight excluding hydrogens is 278 g/mol. The van der Waals surface area contributed by atoms with Crippen LogP contribution in [0.5, 0.6) is 5.75 Å². The average molecular weight is 299 g/mol. The summed E-state index contributed by atoms with van der Waals surface area (Å²) in [4.78, 5) is 24.5. The molecule has 1 aromatic rings. The molecule has 116 valence electrons. The molecule has 1 unspecified atom stereocenters. The molecule has 0 amide bonds. The first-order chi connectivity index (χ1) is 10.6. The van der Waals surface area contributed by atoms with Crippen molar-refractivity contribution in [2.24, 2.45) is 0 Å². The highest BCUT2D eigenvalue weighted by atomic mass is 16.5. The predicted molar refractivity (Wildman–Crippen MR) is 88.3 cm³/mol. The van der Waals surface area contributed by atoms with Crippen LogP contribution >= 0.6 is 0 Å². The van der Waals surface area contributed by atoms with E-state index in [1.54, 1.807) is 6.08 Å². The van der Waals surface area contributed by atoms with Crippen LogP contribution in [0.15, 0.2) is 35.9 Å². The quantitative estimate of drug-likeness (QED) is 0.598. The maximum atomic E-state index is 11.3. The van der Waals surface area contributed by atoms with E-state index < -0.39 is 6.10 Å². The smallest absolute Gasteiger partial charge is 0.179 e. The molecular formula is C18H21NO3. The fraction of sp³-hybridized carbons (Fsp3) is 0.333. The zero-order chi connectivity index (χ0) is 16.1. The molecule has 1 aliphatic rings. The van der Waals surface area contributed by atoms with E-state index in [0.717, 1.165) is 30.6 Å². The first-order valence-corrected chi connectivity index (χ1v) is 7.50. The van der Waals surface area contributed by atoms with E-state index >= 15 is 0 Å². The van der Waals surface area contributed by atoms with Crippen molar-refractivity contribution in [3.8, 4) is 5.75 Å². The maximum Gasteiger partial charge on any atom is 0.179 e. The van der Waals surface area contributed by atoms with Crippen LogP contribution in [0, 0.1) is 0 Å². The number of hydrogen-bond acceptors (Lipinski definition) is 4. The number of carbonyl (C=O) groups excluding carboxylic acids is 2. The van der Waals surface area contributed by atoms with Gasteiger partial charge in [0.1, 0.15) is 5.75 Å². The summed E-state index contributed by atoms with van der Waals surface area (Å²) in [5.74, 6) is 0.634. The van der Waals surface area contributed by atoms with E-state index in [1.165, 1.54) is 13.0 Å². The summed E-state index contributed by atoms with van der Waals surface area (Å²) in [6, 6.07) is 5.98. The molecule has 1 heterocycles. The summed E-state index contributed by atoms with van der Waals surface area (Å²) >= 11 is 0. The number of benzene rings is 1. The highest BCUT2D eigenvalue weighted by Crippen LogP contribution is 2.33. The van der Waals surface area contributed by atoms with Gasteiger partial charge in [0, 0.05) is 36.0 Å². The van der Waals surface area contributed by atoms with Crippen molar-refractivity contribution in [3.05, 3.63) is 41.5 Å². The van der Waals surface area contributed by atoms with Gasteiger partial charge in [-0.3, -0.25) is 9.59 Å². The van der Waals surface area contributed by atoms with Crippen LogP contribution < -0.4 is 9.64 Å². The topological polar surface area (TPSA) is 46.6 Å². The Morgan fingerprint density at radius 1 is 1.32 bits per heavy atom. The minimum absolute atomic E-state index is 0.0618. The third-order valence-corrected chi connectivity index (χ3v) is 3.66. The van der Waals surface area contributed by atoms with E-state index in [2.05, 4.69) is 18.7 Å². The molecule has 0 spiro atoms. The van der Waals surface area contributed by atoms with Gasteiger partial charge in [0.15, 0.2) is 18.2 Å². The molecule has 0 saturated heterocycles. The number of aldehydes is 1. The summed E-state index contributed by atoms with van der Waals surface area (Å²) in [5.41, 5.74) is 2.68. The Kier molecular flexibility index (Phi) is 5.15. The van der Waals surface area contributed by atoms with Gasteiger partial charge in [0.05, 0.1) is 0 Å². The van der Waals surface area contributed by atoms with Crippen molar-refractivity contribution in [2.75, 3.05) is 18.0 Å². The van der Waals surface area contributed by atoms with Gasteiger partial charge in [-0.1, -0.05) is 6.08 Å². The third-order valence-electron chi connectivity index (χ3n) is 3.66. The van der Waals surface area contributed by atoms with Gasteiger partial charge in [-0.05, 0) is 45.1 Å². The number of allylic oxidation sites excluding steroid dienone is 1. The second kappa shape index (κ2) is 7.07. The van der Waals surface area contributed by atoms with Crippen molar-refractivity contribution in [2.45, 2.75) is 26.9 Å². The number of carbonyl (C=O) groups is 2. The molecule has 1 atom stereocenters. The van der Waals surface area contributed by atoms with Gasteiger partial charge in [-0.2, -0.15) is 0 Å². The number of fused-ring (bicyclic) bond motifs is 1. The molecule has 4 heteroatoms. The van der Waals surface area contributed by atoms with Crippen LogP contribution in [0.1, 0.15) is 26.3 Å². The second-order valence-electron chi connectivity index (χ2n) is 5.16. The van der Waals surface area contributed by atoms with Crippen molar-refractivity contribution in [3.63, 3.8) is 0 Å². The lowest BCUT2D eigenvalue weighted by Gasteiger charge is -2.26. The maximum absolute atomic E-state index is 11.3. The minimum Gasteiger partial charge on any atom is -0.478 e. The van der Waals surface area contributed by atoms with Crippen LogP contribution in [0.25, 0.3) is 6.08 Å². The lowest BCUT2D eigenvalue weighted by atomic mass is 10.0. The number of hydrogen-bond donors (Lipinski definition) is 0. The fourth-order valence-corrected chi connectivity index (χ4v) is 2.46. The van der Waals surface area contributed by atoms with Crippen molar-refractivity contribution >= 4 is 23.8 Å². The largest absolute Gasteiger partial charge is 0.478 e. The Bertz CT molecular complexity index is 627. The second-order valence-corrected chi connectivity index (χ2v) is 5.16. The lowest BCUT2D eigenvalue weighted by Crippen LogP contribution is -2.25. The molecule has 0 N–H and O–H groups in total. The van der Waals surface area contributed by atoms with Crippen molar-refractivity contribution < 1.29 is 14.3 Å². The summed E-state index contributed by atoms with van der Waals surface area (Å²) in [5, 5.41) is 0. The fourth-order valence-electron chi connectivity index (χ4n) is 2.46. The van der Waals surface area contributed by atoms with E-state index in [4.69, 9.17) is 4.74 Å². The van der Waals surface area contributed by atoms with Gasteiger partial charge >= 0.3 is 0 Å². The summed E-state index contributed by atoms with van der Waals surface area (Å²) in [6.45, 7) is 7.50. The first kappa shape index (κ1) is 16.0. The van der Waals surface area contributed by atoms with Gasteiger partial charge < -0.3 is 9.64 Å². The summed E-state index contributed by atoms with van der Waals surface area (Å²) in [6.07, 6.45) is 5.06. The Labute approximate surface area is 131 Å². The van der Waals surface area contributed by atoms with Crippen LogP contribution in [0.3, 0.4) is 0 Å². The van der Waals surface area contributed by atoms with Gasteiger partial charge in [-0.15, -0.1) is 0 Å². The van der Waals surface area contributed by atoms with Crippen LogP contribution in [-0.4, -0.2) is 31.3 Å². The van der Waals surface area contributed by atoms with E-state index in [-0.39, 0.29) is 5.78 Å².